The monoisotopic (exact) mass is 698 g/mol. The highest BCUT2D eigenvalue weighted by atomic mass is 19.1. The van der Waals surface area contributed by atoms with Crippen LogP contribution >= 0.6 is 0 Å². The van der Waals surface area contributed by atoms with Gasteiger partial charge < -0.3 is 25.0 Å². The summed E-state index contributed by atoms with van der Waals surface area (Å²) < 4.78 is 38.3. The Morgan fingerprint density at radius 3 is 2.82 bits per heavy atom. The van der Waals surface area contributed by atoms with Crippen LogP contribution in [0.2, 0.25) is 0 Å². The Kier molecular flexibility index (Phi) is 8.01. The number of nitrogens with one attached hydrogen (secondary N) is 1. The summed E-state index contributed by atoms with van der Waals surface area (Å²) in [6.07, 6.45) is 5.12. The third kappa shape index (κ3) is 5.55. The summed E-state index contributed by atoms with van der Waals surface area (Å²) >= 11 is 0. The number of aryl methyl sites for hydroxylation is 2. The van der Waals surface area contributed by atoms with Crippen LogP contribution in [0, 0.1) is 5.82 Å². The van der Waals surface area contributed by atoms with Crippen molar-refractivity contribution >= 4 is 28.2 Å². The molecule has 0 bridgehead atoms. The number of aromatic nitrogens is 4. The van der Waals surface area contributed by atoms with Crippen molar-refractivity contribution in [3.05, 3.63) is 63.9 Å². The summed E-state index contributed by atoms with van der Waals surface area (Å²) in [5.41, 5.74) is 5.49. The van der Waals surface area contributed by atoms with Gasteiger partial charge in [-0.25, -0.2) is 8.78 Å². The number of hydrogen-bond acceptors (Lipinski definition) is 9. The predicted molar refractivity (Wildman–Crippen MR) is 189 cm³/mol. The number of phenolic OH excluding ortho intramolecular Hbond substituents is 1. The maximum absolute atomic E-state index is 15.1. The number of aromatic hydroxyl groups is 1. The summed E-state index contributed by atoms with van der Waals surface area (Å²) in [5, 5.41) is 20.1. The molecule has 2 N–H and O–H groups in total. The molecule has 4 aromatic rings. The maximum Gasteiger partial charge on any atom is 0.318 e. The zero-order valence-corrected chi connectivity index (χ0v) is 29.1. The van der Waals surface area contributed by atoms with Crippen LogP contribution in [0.3, 0.4) is 0 Å². The first kappa shape index (κ1) is 32.4. The van der Waals surface area contributed by atoms with Crippen LogP contribution in [0.5, 0.6) is 11.8 Å². The minimum absolute atomic E-state index is 0.113. The minimum Gasteiger partial charge on any atom is -0.508 e. The first-order valence-electron chi connectivity index (χ1n) is 18.5. The van der Waals surface area contributed by atoms with E-state index in [0.29, 0.717) is 76.4 Å². The number of benzene rings is 2. The van der Waals surface area contributed by atoms with E-state index in [4.69, 9.17) is 19.8 Å². The zero-order valence-electron chi connectivity index (χ0n) is 29.1. The van der Waals surface area contributed by atoms with Crippen molar-refractivity contribution in [3.63, 3.8) is 0 Å². The lowest BCUT2D eigenvalue weighted by atomic mass is 9.95. The molecule has 0 spiro atoms. The van der Waals surface area contributed by atoms with Crippen molar-refractivity contribution in [2.24, 2.45) is 0 Å². The highest BCUT2D eigenvalue weighted by molar-refractivity contribution is 5.98. The number of nitrogens with zero attached hydrogens (tertiary/aromatic N) is 7. The van der Waals surface area contributed by atoms with E-state index < -0.39 is 6.17 Å². The lowest BCUT2D eigenvalue weighted by Gasteiger charge is -2.35. The van der Waals surface area contributed by atoms with Crippen molar-refractivity contribution in [2.75, 3.05) is 49.1 Å². The van der Waals surface area contributed by atoms with E-state index in [1.165, 1.54) is 6.07 Å². The van der Waals surface area contributed by atoms with Crippen LogP contribution in [0.4, 0.5) is 20.3 Å². The molecule has 268 valence electrons. The number of amides is 1. The molecule has 2 aromatic heterocycles. The van der Waals surface area contributed by atoms with Gasteiger partial charge in [-0.1, -0.05) is 13.0 Å². The maximum atomic E-state index is 15.1. The Labute approximate surface area is 295 Å². The van der Waals surface area contributed by atoms with Gasteiger partial charge in [0.2, 0.25) is 0 Å². The number of alkyl halides is 1. The summed E-state index contributed by atoms with van der Waals surface area (Å²) in [6, 6.07) is 6.88. The second kappa shape index (κ2) is 12.6. The molecule has 51 heavy (non-hydrogen) atoms. The summed E-state index contributed by atoms with van der Waals surface area (Å²) in [6.45, 7) is 7.27. The van der Waals surface area contributed by atoms with Gasteiger partial charge in [-0.05, 0) is 74.6 Å². The number of rotatable bonds is 6. The second-order valence-corrected chi connectivity index (χ2v) is 14.9. The van der Waals surface area contributed by atoms with Crippen molar-refractivity contribution in [1.82, 2.24) is 30.0 Å². The molecule has 0 saturated carbocycles. The van der Waals surface area contributed by atoms with Gasteiger partial charge in [0.15, 0.2) is 5.69 Å². The van der Waals surface area contributed by atoms with E-state index in [2.05, 4.69) is 20.0 Å². The largest absolute Gasteiger partial charge is 0.508 e. The Hall–Kier alpha value is -4.52. The van der Waals surface area contributed by atoms with Crippen molar-refractivity contribution < 1.29 is 23.4 Å². The average Bonchev–Trinajstić information content (AvgIpc) is 3.66. The molecule has 2 atom stereocenters. The van der Waals surface area contributed by atoms with Gasteiger partial charge in [0.25, 0.3) is 5.91 Å². The van der Waals surface area contributed by atoms with Gasteiger partial charge in [-0.2, -0.15) is 15.1 Å². The Morgan fingerprint density at radius 2 is 1.94 bits per heavy atom. The molecule has 11 nitrogen and oxygen atoms in total. The Bertz CT molecular complexity index is 2040. The normalized spacial score (nSPS) is 23.4. The van der Waals surface area contributed by atoms with E-state index in [9.17, 15) is 14.3 Å². The molecule has 5 aliphatic rings. The topological polar surface area (TPSA) is 112 Å². The highest BCUT2D eigenvalue weighted by Gasteiger charge is 2.49. The number of carbonyl (C=O) groups excluding carboxylic acids is 1. The summed E-state index contributed by atoms with van der Waals surface area (Å²) in [4.78, 5) is 29.7. The predicted octanol–water partition coefficient (Wildman–Crippen LogP) is 4.84. The minimum atomic E-state index is -0.864. The van der Waals surface area contributed by atoms with E-state index >= 15 is 4.39 Å². The quantitative estimate of drug-likeness (QED) is 0.293. The molecule has 5 aliphatic heterocycles. The van der Waals surface area contributed by atoms with Gasteiger partial charge in [0, 0.05) is 67.4 Å². The van der Waals surface area contributed by atoms with E-state index in [1.807, 2.05) is 11.6 Å². The number of halogens is 2. The molecule has 2 saturated heterocycles. The fraction of sp³-hybridized carbons (Fsp3) is 0.526. The lowest BCUT2D eigenvalue weighted by Crippen LogP contribution is -2.43. The number of phenols is 1. The van der Waals surface area contributed by atoms with Gasteiger partial charge in [0.05, 0.1) is 30.0 Å². The number of anilines is 2. The first-order valence-corrected chi connectivity index (χ1v) is 18.5. The second-order valence-electron chi connectivity index (χ2n) is 14.9. The lowest BCUT2D eigenvalue weighted by molar-refractivity contribution is 0.0950. The summed E-state index contributed by atoms with van der Waals surface area (Å²) in [7, 11) is 0. The standard InChI is InChI=1S/C38H44F2N8O3/c1-2-26-29(40)8-7-23-16-25(49)17-31(33(23)26)45-15-9-27-30(20-45)42-37(51-22-38-10-4-13-47(38)19-24(39)18-38)43-35(27)46-12-5-14-48-32(21-46)28-6-3-11-41-36(50)34(28)44-48/h7-8,16-17,24,49H,2-6,9-15,18-22H2,1H3,(H,41,50)/t24-,38+/m1/s1. The number of ether oxygens (including phenoxy) is 1. The molecular weight excluding hydrogens is 654 g/mol. The van der Waals surface area contributed by atoms with Crippen LogP contribution in [-0.4, -0.2) is 86.7 Å². The van der Waals surface area contributed by atoms with Crippen LogP contribution in [0.25, 0.3) is 10.8 Å². The first-order chi connectivity index (χ1) is 24.8. The van der Waals surface area contributed by atoms with Gasteiger partial charge in [-0.15, -0.1) is 0 Å². The third-order valence-corrected chi connectivity index (χ3v) is 11.8. The van der Waals surface area contributed by atoms with Gasteiger partial charge in [0.1, 0.15) is 30.2 Å². The van der Waals surface area contributed by atoms with Crippen LogP contribution in [-0.2, 0) is 38.9 Å². The number of carbonyl (C=O) groups is 1. The molecule has 9 rings (SSSR count). The molecule has 0 unspecified atom stereocenters. The van der Waals surface area contributed by atoms with Crippen LogP contribution in [0.1, 0.15) is 77.6 Å². The summed E-state index contributed by atoms with van der Waals surface area (Å²) in [5.74, 6) is 0.570. The Balaban J connectivity index is 1.11. The van der Waals surface area contributed by atoms with E-state index in [0.717, 1.165) is 90.0 Å². The molecule has 1 amide bonds. The smallest absolute Gasteiger partial charge is 0.318 e. The molecule has 13 heteroatoms. The fourth-order valence-electron chi connectivity index (χ4n) is 9.38. The molecule has 7 heterocycles. The SMILES string of the molecule is CCc1c(F)ccc2cc(O)cc(N3CCc4c(nc(OC[C@@]56CCCN5C[C@H](F)C6)nc4N4CCCn5nc6c(c5C4)CCCNC6=O)C3)c12. The van der Waals surface area contributed by atoms with Crippen molar-refractivity contribution in [2.45, 2.75) is 89.6 Å². The fourth-order valence-corrected chi connectivity index (χ4v) is 9.38. The molecule has 0 radical (unpaired) electrons. The van der Waals surface area contributed by atoms with Gasteiger partial charge >= 0.3 is 6.01 Å². The number of fused-ring (bicyclic) bond motifs is 6. The number of hydrogen-bond donors (Lipinski definition) is 2. The Morgan fingerprint density at radius 1 is 1.04 bits per heavy atom. The van der Waals surface area contributed by atoms with Crippen LogP contribution < -0.4 is 19.9 Å². The van der Waals surface area contributed by atoms with E-state index in [-0.39, 0.29) is 29.0 Å². The van der Waals surface area contributed by atoms with E-state index in [1.54, 1.807) is 18.2 Å². The van der Waals surface area contributed by atoms with Crippen molar-refractivity contribution in [3.8, 4) is 11.8 Å². The highest BCUT2D eigenvalue weighted by Crippen LogP contribution is 2.42. The molecule has 0 aliphatic carbocycles. The zero-order chi connectivity index (χ0) is 34.9. The third-order valence-electron chi connectivity index (χ3n) is 11.8. The van der Waals surface area contributed by atoms with Crippen LogP contribution in [0.15, 0.2) is 24.3 Å². The van der Waals surface area contributed by atoms with Crippen molar-refractivity contribution in [1.29, 1.82) is 0 Å². The average molecular weight is 699 g/mol. The molecule has 2 aromatic carbocycles. The van der Waals surface area contributed by atoms with Gasteiger partial charge in [-0.3, -0.25) is 14.4 Å². The molecule has 2 fully saturated rings. The molecular formula is C38H44F2N8O3.